The molecule has 0 bridgehead atoms. The molecule has 0 spiro atoms. The smallest absolute Gasteiger partial charge is 0.166 e. The lowest BCUT2D eigenvalue weighted by molar-refractivity contribution is 0.382. The number of fused-ring (bicyclic) bond motifs is 3. The molecule has 3 aromatic rings. The molecule has 1 aliphatic heterocycles. The fraction of sp³-hybridized carbons (Fsp3) is 0.250. The molecule has 0 unspecified atom stereocenters. The molecule has 5 nitrogen and oxygen atoms in total. The van der Waals surface area contributed by atoms with Crippen LogP contribution in [-0.4, -0.2) is 22.9 Å². The first-order valence-electron chi connectivity index (χ1n) is 8.62. The Morgan fingerprint density at radius 2 is 1.81 bits per heavy atom. The number of benzene rings is 1. The zero-order valence-electron chi connectivity index (χ0n) is 15.3. The molecule has 0 saturated heterocycles. The number of aromatic nitrogens is 2. The summed E-state index contributed by atoms with van der Waals surface area (Å²) >= 11 is 6.02. The molecule has 4 rings (SSSR count). The van der Waals surface area contributed by atoms with Crippen LogP contribution in [0.15, 0.2) is 45.9 Å². The Bertz CT molecular complexity index is 945. The molecule has 0 aliphatic carbocycles. The maximum atomic E-state index is 6.02. The van der Waals surface area contributed by atoms with Gasteiger partial charge in [-0.2, -0.15) is 0 Å². The quantitative estimate of drug-likeness (QED) is 0.682. The first-order valence-corrected chi connectivity index (χ1v) is 9.00. The van der Waals surface area contributed by atoms with Gasteiger partial charge in [0, 0.05) is 23.2 Å². The van der Waals surface area contributed by atoms with Crippen LogP contribution in [0.25, 0.3) is 11.1 Å². The van der Waals surface area contributed by atoms with Crippen molar-refractivity contribution in [3.63, 3.8) is 0 Å². The summed E-state index contributed by atoms with van der Waals surface area (Å²) in [6, 6.07) is 11.6. The highest BCUT2D eigenvalue weighted by Gasteiger charge is 2.25. The zero-order valence-corrected chi connectivity index (χ0v) is 16.1. The summed E-state index contributed by atoms with van der Waals surface area (Å²) < 4.78 is 5.46. The predicted molar refractivity (Wildman–Crippen MR) is 106 cm³/mol. The van der Waals surface area contributed by atoms with Gasteiger partial charge in [0.25, 0.3) is 0 Å². The van der Waals surface area contributed by atoms with Gasteiger partial charge in [0.15, 0.2) is 5.76 Å². The fourth-order valence-corrected chi connectivity index (χ4v) is 3.04. The standard InChI is InChI=1S/C18H15ClN4O.C2H6/c1-10-16-13-7-8-15(20-2)22-18(13)17(21-9-14(16)24-23-10)11-3-5-12(19)6-4-11;1-2/h3-8H,9H2,1-2H3,(H,20,22);1-2H3. The number of halogens is 1. The zero-order chi connectivity index (χ0) is 18.7. The molecule has 6 heteroatoms. The van der Waals surface area contributed by atoms with Crippen LogP contribution in [-0.2, 0) is 6.54 Å². The van der Waals surface area contributed by atoms with Crippen LogP contribution in [0.2, 0.25) is 5.02 Å². The molecule has 0 radical (unpaired) electrons. The molecule has 2 aromatic heterocycles. The summed E-state index contributed by atoms with van der Waals surface area (Å²) in [5.41, 5.74) is 5.41. The van der Waals surface area contributed by atoms with Crippen molar-refractivity contribution in [2.45, 2.75) is 27.3 Å². The second-order valence-electron chi connectivity index (χ2n) is 5.58. The molecule has 1 aliphatic rings. The number of pyridine rings is 1. The van der Waals surface area contributed by atoms with Crippen molar-refractivity contribution in [1.82, 2.24) is 10.1 Å². The van der Waals surface area contributed by atoms with Crippen LogP contribution in [0.1, 0.15) is 36.6 Å². The molecule has 3 heterocycles. The number of hydrogen-bond acceptors (Lipinski definition) is 5. The van der Waals surface area contributed by atoms with E-state index in [2.05, 4.69) is 10.5 Å². The molecule has 0 amide bonds. The van der Waals surface area contributed by atoms with Gasteiger partial charge in [0.1, 0.15) is 12.4 Å². The van der Waals surface area contributed by atoms with Gasteiger partial charge in [0.05, 0.1) is 22.7 Å². The van der Waals surface area contributed by atoms with Crippen molar-refractivity contribution < 1.29 is 4.52 Å². The molecule has 0 fully saturated rings. The second kappa shape index (κ2) is 7.70. The van der Waals surface area contributed by atoms with Crippen molar-refractivity contribution in [1.29, 1.82) is 0 Å². The number of nitrogens with zero attached hydrogens (tertiary/aromatic N) is 3. The first-order chi connectivity index (χ1) is 12.7. The van der Waals surface area contributed by atoms with Crippen LogP contribution in [0.3, 0.4) is 0 Å². The van der Waals surface area contributed by atoms with E-state index in [4.69, 9.17) is 26.1 Å². The largest absolute Gasteiger partial charge is 0.373 e. The Morgan fingerprint density at radius 1 is 1.08 bits per heavy atom. The average molecular weight is 369 g/mol. The van der Waals surface area contributed by atoms with Crippen molar-refractivity contribution in [3.05, 3.63) is 64.1 Å². The Morgan fingerprint density at radius 3 is 2.50 bits per heavy atom. The lowest BCUT2D eigenvalue weighted by Crippen LogP contribution is -2.09. The van der Waals surface area contributed by atoms with Gasteiger partial charge in [-0.05, 0) is 31.2 Å². The minimum atomic E-state index is 0.430. The van der Waals surface area contributed by atoms with Gasteiger partial charge in [-0.1, -0.05) is 42.7 Å². The lowest BCUT2D eigenvalue weighted by Gasteiger charge is -2.11. The summed E-state index contributed by atoms with van der Waals surface area (Å²) in [4.78, 5) is 9.49. The highest BCUT2D eigenvalue weighted by Crippen LogP contribution is 2.34. The third kappa shape index (κ3) is 3.22. The number of aryl methyl sites for hydroxylation is 1. The van der Waals surface area contributed by atoms with E-state index in [9.17, 15) is 0 Å². The van der Waals surface area contributed by atoms with Crippen molar-refractivity contribution in [2.24, 2.45) is 4.99 Å². The van der Waals surface area contributed by atoms with E-state index in [-0.39, 0.29) is 0 Å². The van der Waals surface area contributed by atoms with Crippen LogP contribution in [0.4, 0.5) is 5.82 Å². The minimum Gasteiger partial charge on any atom is -0.373 e. The van der Waals surface area contributed by atoms with Gasteiger partial charge >= 0.3 is 0 Å². The second-order valence-corrected chi connectivity index (χ2v) is 6.02. The van der Waals surface area contributed by atoms with E-state index in [0.717, 1.165) is 45.4 Å². The summed E-state index contributed by atoms with van der Waals surface area (Å²) in [7, 11) is 1.85. The fourth-order valence-electron chi connectivity index (χ4n) is 2.91. The average Bonchev–Trinajstić information content (AvgIpc) is 2.96. The molecule has 134 valence electrons. The highest BCUT2D eigenvalue weighted by atomic mass is 35.5. The van der Waals surface area contributed by atoms with E-state index >= 15 is 0 Å². The number of aliphatic imine (C=N–C) groups is 1. The third-order valence-corrected chi connectivity index (χ3v) is 4.33. The highest BCUT2D eigenvalue weighted by molar-refractivity contribution is 6.30. The van der Waals surface area contributed by atoms with Gasteiger partial charge in [0.2, 0.25) is 0 Å². The molecule has 0 atom stereocenters. The monoisotopic (exact) mass is 368 g/mol. The summed E-state index contributed by atoms with van der Waals surface area (Å²) in [5, 5.41) is 7.86. The molecule has 1 aromatic carbocycles. The van der Waals surface area contributed by atoms with Crippen molar-refractivity contribution in [2.75, 3.05) is 12.4 Å². The maximum absolute atomic E-state index is 6.02. The number of rotatable bonds is 2. The van der Waals surface area contributed by atoms with Crippen molar-refractivity contribution in [3.8, 4) is 11.1 Å². The van der Waals surface area contributed by atoms with E-state index in [0.29, 0.717) is 11.6 Å². The van der Waals surface area contributed by atoms with E-state index in [1.807, 2.05) is 64.2 Å². The maximum Gasteiger partial charge on any atom is 0.166 e. The lowest BCUT2D eigenvalue weighted by atomic mass is 9.97. The molecule has 26 heavy (non-hydrogen) atoms. The van der Waals surface area contributed by atoms with E-state index in [1.54, 1.807) is 0 Å². The Balaban J connectivity index is 0.000000948. The van der Waals surface area contributed by atoms with E-state index in [1.165, 1.54) is 0 Å². The van der Waals surface area contributed by atoms with Gasteiger partial charge < -0.3 is 9.84 Å². The molecule has 1 N–H and O–H groups in total. The van der Waals surface area contributed by atoms with Gasteiger partial charge in [-0.3, -0.25) is 4.99 Å². The summed E-state index contributed by atoms with van der Waals surface area (Å²) in [6.45, 7) is 6.37. The molecular weight excluding hydrogens is 348 g/mol. The van der Waals surface area contributed by atoms with Crippen molar-refractivity contribution >= 4 is 23.1 Å². The molecular formula is C20H21ClN4O. The Labute approximate surface area is 158 Å². The summed E-state index contributed by atoms with van der Waals surface area (Å²) in [5.74, 6) is 1.55. The topological polar surface area (TPSA) is 63.3 Å². The first kappa shape index (κ1) is 18.1. The summed E-state index contributed by atoms with van der Waals surface area (Å²) in [6.07, 6.45) is 0. The van der Waals surface area contributed by atoms with Gasteiger partial charge in [-0.25, -0.2) is 4.98 Å². The molecule has 0 saturated carbocycles. The van der Waals surface area contributed by atoms with E-state index < -0.39 is 0 Å². The van der Waals surface area contributed by atoms with Crippen LogP contribution < -0.4 is 5.32 Å². The SMILES string of the molecule is CC.CNc1ccc2c(n1)C(c1ccc(Cl)cc1)=NCc1onc(C)c1-2. The number of nitrogens with one attached hydrogen (secondary N) is 1. The predicted octanol–water partition coefficient (Wildman–Crippen LogP) is 5.12. The van der Waals surface area contributed by atoms with Crippen LogP contribution in [0, 0.1) is 6.92 Å². The Kier molecular flexibility index (Phi) is 5.38. The van der Waals surface area contributed by atoms with Crippen LogP contribution in [0.5, 0.6) is 0 Å². The number of hydrogen-bond donors (Lipinski definition) is 1. The Hall–Kier alpha value is -2.66. The minimum absolute atomic E-state index is 0.430. The number of anilines is 1. The van der Waals surface area contributed by atoms with Gasteiger partial charge in [-0.15, -0.1) is 0 Å². The van der Waals surface area contributed by atoms with Crippen LogP contribution >= 0.6 is 11.6 Å². The third-order valence-electron chi connectivity index (χ3n) is 4.08. The normalized spacial score (nSPS) is 12.1.